The lowest BCUT2D eigenvalue weighted by atomic mass is 9.79. The monoisotopic (exact) mass is 269 g/mol. The molecule has 4 nitrogen and oxygen atoms in total. The fourth-order valence-electron chi connectivity index (χ4n) is 2.93. The fourth-order valence-corrected chi connectivity index (χ4v) is 2.93. The zero-order chi connectivity index (χ0) is 14.1. The highest BCUT2D eigenvalue weighted by Crippen LogP contribution is 2.31. The maximum absolute atomic E-state index is 12.0. The average Bonchev–Trinajstić information content (AvgIpc) is 2.34. The maximum Gasteiger partial charge on any atom is 0.305 e. The van der Waals surface area contributed by atoms with Gasteiger partial charge in [0.1, 0.15) is 0 Å². The summed E-state index contributed by atoms with van der Waals surface area (Å²) in [6, 6.07) is 0. The highest BCUT2D eigenvalue weighted by Gasteiger charge is 2.35. The first-order valence-corrected chi connectivity index (χ1v) is 7.61. The van der Waals surface area contributed by atoms with Crippen molar-refractivity contribution in [2.24, 2.45) is 0 Å². The van der Waals surface area contributed by atoms with E-state index in [1.165, 1.54) is 0 Å². The zero-order valence-corrected chi connectivity index (χ0v) is 12.0. The molecule has 0 bridgehead atoms. The van der Waals surface area contributed by atoms with E-state index >= 15 is 0 Å². The number of carbonyl (C=O) groups is 2. The summed E-state index contributed by atoms with van der Waals surface area (Å²) in [5.74, 6) is -0.785. The van der Waals surface area contributed by atoms with Crippen molar-refractivity contribution in [3.05, 3.63) is 0 Å². The Hall–Kier alpha value is -1.06. The Morgan fingerprint density at radius 1 is 1.11 bits per heavy atom. The van der Waals surface area contributed by atoms with Crippen molar-refractivity contribution in [3.8, 4) is 0 Å². The molecule has 2 N–H and O–H groups in total. The lowest BCUT2D eigenvalue weighted by molar-refractivity contribution is -0.139. The molecular formula is C15H27NO3. The first-order valence-electron chi connectivity index (χ1n) is 7.61. The molecule has 1 aliphatic carbocycles. The topological polar surface area (TPSA) is 66.4 Å². The molecule has 0 heterocycles. The fraction of sp³-hybridized carbons (Fsp3) is 0.867. The Balaban J connectivity index is 2.43. The molecule has 4 heteroatoms. The van der Waals surface area contributed by atoms with Gasteiger partial charge in [-0.15, -0.1) is 0 Å². The van der Waals surface area contributed by atoms with E-state index in [-0.39, 0.29) is 12.3 Å². The quantitative estimate of drug-likeness (QED) is 0.665. The normalized spacial score (nSPS) is 17.9. The van der Waals surface area contributed by atoms with Crippen LogP contribution in [0.1, 0.15) is 77.6 Å². The second-order valence-electron chi connectivity index (χ2n) is 5.77. The van der Waals surface area contributed by atoms with Crippen LogP contribution in [0.4, 0.5) is 0 Å². The SMILES string of the molecule is CCCCCCC(=O)NC1(CC(=O)O)CCCCC1. The predicted octanol–water partition coefficient (Wildman–Crippen LogP) is 3.25. The molecule has 1 amide bonds. The number of rotatable bonds is 8. The van der Waals surface area contributed by atoms with Crippen molar-refractivity contribution in [2.45, 2.75) is 83.1 Å². The lowest BCUT2D eigenvalue weighted by Crippen LogP contribution is -2.51. The summed E-state index contributed by atoms with van der Waals surface area (Å²) in [7, 11) is 0. The van der Waals surface area contributed by atoms with Crippen molar-refractivity contribution in [3.63, 3.8) is 0 Å². The number of nitrogens with one attached hydrogen (secondary N) is 1. The number of amides is 1. The van der Waals surface area contributed by atoms with Crippen molar-refractivity contribution in [2.75, 3.05) is 0 Å². The van der Waals surface area contributed by atoms with Gasteiger partial charge in [-0.2, -0.15) is 0 Å². The van der Waals surface area contributed by atoms with Crippen LogP contribution in [-0.4, -0.2) is 22.5 Å². The van der Waals surface area contributed by atoms with Crippen molar-refractivity contribution in [1.82, 2.24) is 5.32 Å². The molecule has 0 saturated heterocycles. The van der Waals surface area contributed by atoms with Crippen LogP contribution in [-0.2, 0) is 9.59 Å². The van der Waals surface area contributed by atoms with Gasteiger partial charge in [0.2, 0.25) is 5.91 Å². The van der Waals surface area contributed by atoms with Crippen LogP contribution in [0, 0.1) is 0 Å². The Kier molecular flexibility index (Phi) is 6.89. The minimum absolute atomic E-state index is 0.0271. The van der Waals surface area contributed by atoms with Gasteiger partial charge in [0.05, 0.1) is 12.0 Å². The summed E-state index contributed by atoms with van der Waals surface area (Å²) >= 11 is 0. The standard InChI is InChI=1S/C15H27NO3/c1-2-3-4-6-9-13(17)16-15(12-14(18)19)10-7-5-8-11-15/h2-12H2,1H3,(H,16,17)(H,18,19). The van der Waals surface area contributed by atoms with Crippen LogP contribution in [0.15, 0.2) is 0 Å². The summed E-state index contributed by atoms with van der Waals surface area (Å²) in [5, 5.41) is 12.1. The number of carboxylic acids is 1. The summed E-state index contributed by atoms with van der Waals surface area (Å²) in [6.07, 6.45) is 9.69. The number of aliphatic carboxylic acids is 1. The van der Waals surface area contributed by atoms with Crippen LogP contribution in [0.2, 0.25) is 0 Å². The molecule has 110 valence electrons. The van der Waals surface area contributed by atoms with Crippen LogP contribution >= 0.6 is 0 Å². The second-order valence-corrected chi connectivity index (χ2v) is 5.77. The third kappa shape index (κ3) is 6.08. The van der Waals surface area contributed by atoms with Crippen molar-refractivity contribution < 1.29 is 14.7 Å². The highest BCUT2D eigenvalue weighted by atomic mass is 16.4. The smallest absolute Gasteiger partial charge is 0.305 e. The molecule has 1 aliphatic rings. The van der Waals surface area contributed by atoms with Gasteiger partial charge in [0, 0.05) is 6.42 Å². The Morgan fingerprint density at radius 2 is 1.79 bits per heavy atom. The minimum atomic E-state index is -0.812. The minimum Gasteiger partial charge on any atom is -0.481 e. The molecule has 19 heavy (non-hydrogen) atoms. The number of carboxylic acid groups (broad SMARTS) is 1. The molecule has 1 fully saturated rings. The molecule has 0 spiro atoms. The lowest BCUT2D eigenvalue weighted by Gasteiger charge is -2.37. The van der Waals surface area contributed by atoms with Gasteiger partial charge in [0.15, 0.2) is 0 Å². The van der Waals surface area contributed by atoms with E-state index < -0.39 is 11.5 Å². The molecule has 0 atom stereocenters. The molecule has 0 aliphatic heterocycles. The summed E-state index contributed by atoms with van der Waals surface area (Å²) in [6.45, 7) is 2.14. The number of unbranched alkanes of at least 4 members (excludes halogenated alkanes) is 3. The molecule has 0 aromatic rings. The van der Waals surface area contributed by atoms with Crippen molar-refractivity contribution >= 4 is 11.9 Å². The van der Waals surface area contributed by atoms with Crippen LogP contribution in [0.25, 0.3) is 0 Å². The summed E-state index contributed by atoms with van der Waals surface area (Å²) in [5.41, 5.74) is -0.480. The van der Waals surface area contributed by atoms with E-state index in [1.807, 2.05) is 0 Å². The van der Waals surface area contributed by atoms with Crippen LogP contribution in [0.3, 0.4) is 0 Å². The van der Waals surface area contributed by atoms with Gasteiger partial charge in [-0.05, 0) is 19.3 Å². The Labute approximate surface area is 116 Å². The summed E-state index contributed by atoms with van der Waals surface area (Å²) in [4.78, 5) is 23.0. The highest BCUT2D eigenvalue weighted by molar-refractivity contribution is 5.78. The first-order chi connectivity index (χ1) is 9.08. The zero-order valence-electron chi connectivity index (χ0n) is 12.0. The molecule has 0 radical (unpaired) electrons. The third-order valence-corrected chi connectivity index (χ3v) is 3.96. The van der Waals surface area contributed by atoms with Gasteiger partial charge in [-0.3, -0.25) is 9.59 Å². The third-order valence-electron chi connectivity index (χ3n) is 3.96. The second kappa shape index (κ2) is 8.18. The van der Waals surface area contributed by atoms with E-state index in [0.29, 0.717) is 6.42 Å². The largest absolute Gasteiger partial charge is 0.481 e. The van der Waals surface area contributed by atoms with Gasteiger partial charge in [-0.1, -0.05) is 45.4 Å². The Bertz CT molecular complexity index is 296. The Morgan fingerprint density at radius 3 is 2.37 bits per heavy atom. The molecule has 0 aromatic heterocycles. The molecule has 1 saturated carbocycles. The van der Waals surface area contributed by atoms with Gasteiger partial charge < -0.3 is 10.4 Å². The van der Waals surface area contributed by atoms with Crippen LogP contribution < -0.4 is 5.32 Å². The van der Waals surface area contributed by atoms with E-state index in [4.69, 9.17) is 5.11 Å². The van der Waals surface area contributed by atoms with Crippen LogP contribution in [0.5, 0.6) is 0 Å². The molecule has 0 aromatic carbocycles. The van der Waals surface area contributed by atoms with Gasteiger partial charge in [0.25, 0.3) is 0 Å². The number of hydrogen-bond donors (Lipinski definition) is 2. The average molecular weight is 269 g/mol. The summed E-state index contributed by atoms with van der Waals surface area (Å²) < 4.78 is 0. The number of hydrogen-bond acceptors (Lipinski definition) is 2. The maximum atomic E-state index is 12.0. The number of carbonyl (C=O) groups excluding carboxylic acids is 1. The van der Waals surface area contributed by atoms with E-state index in [2.05, 4.69) is 12.2 Å². The molecular weight excluding hydrogens is 242 g/mol. The van der Waals surface area contributed by atoms with Crippen molar-refractivity contribution in [1.29, 1.82) is 0 Å². The molecule has 1 rings (SSSR count). The van der Waals surface area contributed by atoms with Gasteiger partial charge in [-0.25, -0.2) is 0 Å². The molecule has 0 unspecified atom stereocenters. The predicted molar refractivity (Wildman–Crippen MR) is 75.0 cm³/mol. The van der Waals surface area contributed by atoms with E-state index in [1.54, 1.807) is 0 Å². The van der Waals surface area contributed by atoms with E-state index in [9.17, 15) is 9.59 Å². The van der Waals surface area contributed by atoms with E-state index in [0.717, 1.165) is 57.8 Å². The van der Waals surface area contributed by atoms with Gasteiger partial charge >= 0.3 is 5.97 Å². The first kappa shape index (κ1) is 16.0.